The fourth-order valence-corrected chi connectivity index (χ4v) is 3.49. The minimum atomic E-state index is -3.16. The lowest BCUT2D eigenvalue weighted by Crippen LogP contribution is -2.54. The van der Waals surface area contributed by atoms with E-state index in [4.69, 9.17) is 4.74 Å². The Balaban J connectivity index is 0.00000441. The van der Waals surface area contributed by atoms with Crippen LogP contribution in [-0.2, 0) is 14.6 Å². The lowest BCUT2D eigenvalue weighted by Gasteiger charge is -2.36. The van der Waals surface area contributed by atoms with Crippen LogP contribution in [0, 0.1) is 5.92 Å². The van der Waals surface area contributed by atoms with Gasteiger partial charge >= 0.3 is 0 Å². The van der Waals surface area contributed by atoms with Crippen LogP contribution in [0.5, 0.6) is 0 Å². The maximum absolute atomic E-state index is 12.2. The second-order valence-corrected chi connectivity index (χ2v) is 8.58. The van der Waals surface area contributed by atoms with Crippen molar-refractivity contribution in [2.24, 2.45) is 10.9 Å². The molecule has 1 fully saturated rings. The summed E-state index contributed by atoms with van der Waals surface area (Å²) in [5, 5.41) is 6.46. The topological polar surface area (TPSA) is 79.8 Å². The van der Waals surface area contributed by atoms with E-state index in [2.05, 4.69) is 36.4 Å². The second-order valence-electron chi connectivity index (χ2n) is 6.17. The molecule has 1 aliphatic heterocycles. The fourth-order valence-electron chi connectivity index (χ4n) is 2.24. The van der Waals surface area contributed by atoms with Gasteiger partial charge in [-0.25, -0.2) is 8.42 Å². The molecule has 0 aromatic heterocycles. The van der Waals surface area contributed by atoms with E-state index in [0.29, 0.717) is 44.5 Å². The number of nitrogens with one attached hydrogen (secondary N) is 2. The summed E-state index contributed by atoms with van der Waals surface area (Å²) in [6.45, 7) is 7.67. The molecule has 1 atom stereocenters. The van der Waals surface area contributed by atoms with E-state index in [0.717, 1.165) is 0 Å². The Morgan fingerprint density at radius 1 is 1.27 bits per heavy atom. The minimum absolute atomic E-state index is 0. The van der Waals surface area contributed by atoms with E-state index in [1.54, 1.807) is 7.05 Å². The predicted molar refractivity (Wildman–Crippen MR) is 102 cm³/mol. The smallest absolute Gasteiger partial charge is 0.191 e. The molecule has 0 amide bonds. The largest absolute Gasteiger partial charge is 0.381 e. The van der Waals surface area contributed by atoms with Crippen molar-refractivity contribution < 1.29 is 13.2 Å². The average molecular weight is 447 g/mol. The molecule has 0 spiro atoms. The molecule has 0 bridgehead atoms. The van der Waals surface area contributed by atoms with Crippen molar-refractivity contribution >= 4 is 39.8 Å². The third kappa shape index (κ3) is 5.84. The standard InChI is InChI=1S/C14H29N3O3S.HI/c1-11(2)12(3)17-13(15-4)16-10-14(21(5,18)19)6-8-20-9-7-14;/h11-12H,6-10H2,1-5H3,(H2,15,16,17);1H. The molecule has 8 heteroatoms. The average Bonchev–Trinajstić information content (AvgIpc) is 2.42. The number of rotatable bonds is 5. The van der Waals surface area contributed by atoms with E-state index >= 15 is 0 Å². The zero-order valence-electron chi connectivity index (χ0n) is 14.2. The van der Waals surface area contributed by atoms with Crippen molar-refractivity contribution in [3.63, 3.8) is 0 Å². The van der Waals surface area contributed by atoms with Gasteiger partial charge in [-0.05, 0) is 25.7 Å². The number of sulfone groups is 1. The maximum atomic E-state index is 12.2. The highest BCUT2D eigenvalue weighted by atomic mass is 127. The van der Waals surface area contributed by atoms with Crippen LogP contribution in [0.1, 0.15) is 33.6 Å². The van der Waals surface area contributed by atoms with Gasteiger partial charge in [0.2, 0.25) is 0 Å². The van der Waals surface area contributed by atoms with E-state index in [9.17, 15) is 8.42 Å². The van der Waals surface area contributed by atoms with Gasteiger partial charge in [0, 0.05) is 39.1 Å². The Labute approximate surface area is 151 Å². The Morgan fingerprint density at radius 2 is 1.82 bits per heavy atom. The van der Waals surface area contributed by atoms with Gasteiger partial charge in [0.1, 0.15) is 0 Å². The summed E-state index contributed by atoms with van der Waals surface area (Å²) < 4.78 is 28.9. The van der Waals surface area contributed by atoms with Crippen LogP contribution in [0.4, 0.5) is 0 Å². The summed E-state index contributed by atoms with van der Waals surface area (Å²) in [4.78, 5) is 4.18. The van der Waals surface area contributed by atoms with Gasteiger partial charge < -0.3 is 15.4 Å². The van der Waals surface area contributed by atoms with Crippen LogP contribution >= 0.6 is 24.0 Å². The molecule has 1 unspecified atom stereocenters. The molecule has 0 radical (unpaired) electrons. The van der Waals surface area contributed by atoms with Gasteiger partial charge in [-0.15, -0.1) is 24.0 Å². The summed E-state index contributed by atoms with van der Waals surface area (Å²) in [5.41, 5.74) is 0. The summed E-state index contributed by atoms with van der Waals surface area (Å²) >= 11 is 0. The molecule has 2 N–H and O–H groups in total. The Morgan fingerprint density at radius 3 is 2.23 bits per heavy atom. The molecule has 1 rings (SSSR count). The second kappa shape index (κ2) is 9.27. The molecule has 0 aromatic carbocycles. The van der Waals surface area contributed by atoms with Gasteiger partial charge in [0.05, 0.1) is 4.75 Å². The number of hydrogen-bond acceptors (Lipinski definition) is 4. The maximum Gasteiger partial charge on any atom is 0.191 e. The molecule has 0 aliphatic carbocycles. The highest BCUT2D eigenvalue weighted by Gasteiger charge is 2.42. The Kier molecular flexibility index (Phi) is 9.23. The first-order valence-electron chi connectivity index (χ1n) is 7.46. The third-order valence-corrected chi connectivity index (χ3v) is 6.48. The predicted octanol–water partition coefficient (Wildman–Crippen LogP) is 1.41. The number of ether oxygens (including phenoxy) is 1. The molecular weight excluding hydrogens is 417 g/mol. The number of halogens is 1. The summed E-state index contributed by atoms with van der Waals surface area (Å²) in [7, 11) is -1.47. The van der Waals surface area contributed by atoms with Crippen LogP contribution in [0.3, 0.4) is 0 Å². The zero-order chi connectivity index (χ0) is 16.1. The number of aliphatic imine (C=N–C) groups is 1. The molecule has 6 nitrogen and oxygen atoms in total. The first kappa shape index (κ1) is 21.9. The number of nitrogens with zero attached hydrogens (tertiary/aromatic N) is 1. The first-order valence-corrected chi connectivity index (χ1v) is 9.35. The van der Waals surface area contributed by atoms with E-state index in [-0.39, 0.29) is 30.0 Å². The van der Waals surface area contributed by atoms with Crippen molar-refractivity contribution in [1.29, 1.82) is 0 Å². The molecule has 0 aromatic rings. The molecule has 1 heterocycles. The number of hydrogen-bond donors (Lipinski definition) is 2. The summed E-state index contributed by atoms with van der Waals surface area (Å²) in [6, 6.07) is 0.264. The zero-order valence-corrected chi connectivity index (χ0v) is 17.3. The van der Waals surface area contributed by atoms with Crippen molar-refractivity contribution in [3.8, 4) is 0 Å². The molecule has 132 valence electrons. The van der Waals surface area contributed by atoms with Crippen molar-refractivity contribution in [2.75, 3.05) is 33.1 Å². The van der Waals surface area contributed by atoms with Crippen molar-refractivity contribution in [3.05, 3.63) is 0 Å². The van der Waals surface area contributed by atoms with Gasteiger partial charge in [-0.1, -0.05) is 13.8 Å². The summed E-state index contributed by atoms with van der Waals surface area (Å²) in [6.07, 6.45) is 2.36. The highest BCUT2D eigenvalue weighted by molar-refractivity contribution is 14.0. The molecule has 1 saturated heterocycles. The van der Waals surface area contributed by atoms with Crippen LogP contribution in [-0.4, -0.2) is 58.2 Å². The monoisotopic (exact) mass is 447 g/mol. The van der Waals surface area contributed by atoms with Gasteiger partial charge in [0.25, 0.3) is 0 Å². The fraction of sp³-hybridized carbons (Fsp3) is 0.929. The van der Waals surface area contributed by atoms with Crippen molar-refractivity contribution in [2.45, 2.75) is 44.4 Å². The Bertz CT molecular complexity index is 460. The molecule has 22 heavy (non-hydrogen) atoms. The first-order chi connectivity index (χ1) is 9.72. The van der Waals surface area contributed by atoms with Crippen LogP contribution in [0.25, 0.3) is 0 Å². The van der Waals surface area contributed by atoms with E-state index in [1.807, 2.05) is 0 Å². The SMILES string of the molecule is CN=C(NCC1(S(C)(=O)=O)CCOCC1)NC(C)C(C)C.I. The van der Waals surface area contributed by atoms with E-state index in [1.165, 1.54) is 6.26 Å². The quantitative estimate of drug-likeness (QED) is 0.379. The van der Waals surface area contributed by atoms with Crippen LogP contribution in [0.15, 0.2) is 4.99 Å². The van der Waals surface area contributed by atoms with E-state index < -0.39 is 14.6 Å². The van der Waals surface area contributed by atoms with Gasteiger partial charge in [-0.2, -0.15) is 0 Å². The summed E-state index contributed by atoms with van der Waals surface area (Å²) in [5.74, 6) is 1.11. The minimum Gasteiger partial charge on any atom is -0.381 e. The van der Waals surface area contributed by atoms with Gasteiger partial charge in [-0.3, -0.25) is 4.99 Å². The van der Waals surface area contributed by atoms with Crippen LogP contribution < -0.4 is 10.6 Å². The molecule has 1 aliphatic rings. The van der Waals surface area contributed by atoms with Gasteiger partial charge in [0.15, 0.2) is 15.8 Å². The van der Waals surface area contributed by atoms with Crippen LogP contribution in [0.2, 0.25) is 0 Å². The lowest BCUT2D eigenvalue weighted by molar-refractivity contribution is 0.0756. The Hall–Kier alpha value is -0.0900. The highest BCUT2D eigenvalue weighted by Crippen LogP contribution is 2.28. The van der Waals surface area contributed by atoms with Crippen molar-refractivity contribution in [1.82, 2.24) is 10.6 Å². The lowest BCUT2D eigenvalue weighted by atomic mass is 9.99. The third-order valence-electron chi connectivity index (χ3n) is 4.36. The number of guanidine groups is 1. The molecule has 0 saturated carbocycles. The normalized spacial score (nSPS) is 20.2. The molecular formula is C14H30IN3O3S.